The second-order valence-electron chi connectivity index (χ2n) is 8.44. The minimum atomic E-state index is -0.272. The van der Waals surface area contributed by atoms with Crippen LogP contribution in [0, 0.1) is 0 Å². The van der Waals surface area contributed by atoms with E-state index in [-0.39, 0.29) is 24.5 Å². The van der Waals surface area contributed by atoms with E-state index in [0.717, 1.165) is 17.5 Å². The van der Waals surface area contributed by atoms with Crippen molar-refractivity contribution >= 4 is 51.9 Å². The quantitative estimate of drug-likeness (QED) is 0.260. The molecule has 3 aromatic rings. The predicted octanol–water partition coefficient (Wildman–Crippen LogP) is 6.24. The number of benzene rings is 3. The molecule has 8 heteroatoms. The molecule has 0 unspecified atom stereocenters. The molecule has 4 rings (SSSR count). The maximum atomic E-state index is 13.2. The van der Waals surface area contributed by atoms with Crippen LogP contribution in [0.25, 0.3) is 6.08 Å². The molecule has 2 amide bonds. The van der Waals surface area contributed by atoms with Gasteiger partial charge in [0.1, 0.15) is 4.32 Å². The fourth-order valence-electron chi connectivity index (χ4n) is 3.90. The average molecular weight is 533 g/mol. The Balaban J connectivity index is 1.42. The van der Waals surface area contributed by atoms with Gasteiger partial charge in [0, 0.05) is 5.69 Å². The van der Waals surface area contributed by atoms with Crippen molar-refractivity contribution in [1.29, 1.82) is 0 Å². The zero-order chi connectivity index (χ0) is 26.4. The van der Waals surface area contributed by atoms with Gasteiger partial charge in [0.15, 0.2) is 18.1 Å². The number of hydrogen-bond donors (Lipinski definition) is 1. The second-order valence-corrected chi connectivity index (χ2v) is 10.1. The molecule has 3 aromatic carbocycles. The number of nitrogens with one attached hydrogen (secondary N) is 1. The van der Waals surface area contributed by atoms with Crippen LogP contribution in [0.1, 0.15) is 36.6 Å². The molecule has 1 N–H and O–H groups in total. The van der Waals surface area contributed by atoms with Gasteiger partial charge in [-0.05, 0) is 60.4 Å². The predicted molar refractivity (Wildman–Crippen MR) is 153 cm³/mol. The van der Waals surface area contributed by atoms with Crippen LogP contribution in [0.15, 0.2) is 77.7 Å². The highest BCUT2D eigenvalue weighted by atomic mass is 32.2. The average Bonchev–Trinajstić information content (AvgIpc) is 3.20. The summed E-state index contributed by atoms with van der Waals surface area (Å²) in [4.78, 5) is 27.7. The molecule has 190 valence electrons. The Labute approximate surface area is 226 Å². The van der Waals surface area contributed by atoms with Crippen molar-refractivity contribution in [2.24, 2.45) is 0 Å². The number of carbonyl (C=O) groups excluding carboxylic acids is 2. The Bertz CT molecular complexity index is 1320. The number of ether oxygens (including phenoxy) is 2. The summed E-state index contributed by atoms with van der Waals surface area (Å²) in [5.74, 6) is 0.490. The van der Waals surface area contributed by atoms with Crippen molar-refractivity contribution in [3.05, 3.63) is 94.4 Å². The first kappa shape index (κ1) is 26.4. The van der Waals surface area contributed by atoms with Gasteiger partial charge in [-0.1, -0.05) is 79.4 Å². The number of rotatable bonds is 9. The summed E-state index contributed by atoms with van der Waals surface area (Å²) in [5, 5.41) is 2.82. The summed E-state index contributed by atoms with van der Waals surface area (Å²) in [7, 11) is 1.53. The molecule has 6 nitrogen and oxygen atoms in total. The first-order valence-corrected chi connectivity index (χ1v) is 13.1. The lowest BCUT2D eigenvalue weighted by molar-refractivity contribution is -0.123. The first-order chi connectivity index (χ1) is 17.9. The molecular weight excluding hydrogens is 504 g/mol. The van der Waals surface area contributed by atoms with Crippen molar-refractivity contribution in [3.8, 4) is 11.5 Å². The summed E-state index contributed by atoms with van der Waals surface area (Å²) >= 11 is 6.80. The zero-order valence-corrected chi connectivity index (χ0v) is 22.5. The summed E-state index contributed by atoms with van der Waals surface area (Å²) in [6.45, 7) is 3.88. The standard InChI is InChI=1S/C29H28N2O4S2/c1-4-20-10-13-23(14-11-20)30-27(32)18-35-24-15-12-21(16-25(24)34-3)17-26-28(33)31(29(36)37-26)19(2)22-8-6-5-7-9-22/h5-17,19H,4,18H2,1-3H3,(H,30,32)/b26-17-/t19-/m0/s1. The van der Waals surface area contributed by atoms with E-state index in [1.807, 2.05) is 67.6 Å². The number of thiocarbonyl (C=S) groups is 1. The van der Waals surface area contributed by atoms with Crippen LogP contribution in [0.3, 0.4) is 0 Å². The molecule has 1 fully saturated rings. The smallest absolute Gasteiger partial charge is 0.266 e. The fraction of sp³-hybridized carbons (Fsp3) is 0.207. The molecule has 1 saturated heterocycles. The zero-order valence-electron chi connectivity index (χ0n) is 20.9. The molecule has 0 aliphatic carbocycles. The number of hydrogen-bond acceptors (Lipinski definition) is 6. The summed E-state index contributed by atoms with van der Waals surface area (Å²) < 4.78 is 11.7. The van der Waals surface area contributed by atoms with Gasteiger partial charge in [-0.2, -0.15) is 0 Å². The normalized spacial score (nSPS) is 15.1. The molecule has 1 atom stereocenters. The maximum Gasteiger partial charge on any atom is 0.266 e. The van der Waals surface area contributed by atoms with E-state index in [1.54, 1.807) is 23.1 Å². The van der Waals surface area contributed by atoms with Crippen molar-refractivity contribution in [3.63, 3.8) is 0 Å². The Morgan fingerprint density at radius 1 is 1.08 bits per heavy atom. The monoisotopic (exact) mass is 532 g/mol. The minimum absolute atomic E-state index is 0.130. The number of aryl methyl sites for hydroxylation is 1. The minimum Gasteiger partial charge on any atom is -0.493 e. The molecule has 0 spiro atoms. The van der Waals surface area contributed by atoms with Crippen LogP contribution in [-0.4, -0.2) is 34.8 Å². The van der Waals surface area contributed by atoms with Gasteiger partial charge in [0.2, 0.25) is 0 Å². The molecule has 1 aliphatic heterocycles. The SMILES string of the molecule is CCc1ccc(NC(=O)COc2ccc(/C=C3\SC(=S)N([C@@H](C)c4ccccc4)C3=O)cc2OC)cc1. The molecule has 0 bridgehead atoms. The van der Waals surface area contributed by atoms with Gasteiger partial charge in [-0.15, -0.1) is 0 Å². The number of carbonyl (C=O) groups is 2. The van der Waals surface area contributed by atoms with Gasteiger partial charge in [0.25, 0.3) is 11.8 Å². The van der Waals surface area contributed by atoms with E-state index in [4.69, 9.17) is 21.7 Å². The van der Waals surface area contributed by atoms with Gasteiger partial charge in [0.05, 0.1) is 18.1 Å². The van der Waals surface area contributed by atoms with Gasteiger partial charge in [-0.3, -0.25) is 14.5 Å². The molecule has 1 aliphatic rings. The summed E-state index contributed by atoms with van der Waals surface area (Å²) in [6.07, 6.45) is 2.73. The third-order valence-electron chi connectivity index (χ3n) is 5.98. The van der Waals surface area contributed by atoms with E-state index >= 15 is 0 Å². The number of methoxy groups -OCH3 is 1. The van der Waals surface area contributed by atoms with Crippen LogP contribution >= 0.6 is 24.0 Å². The number of nitrogens with zero attached hydrogens (tertiary/aromatic N) is 1. The maximum absolute atomic E-state index is 13.2. The summed E-state index contributed by atoms with van der Waals surface area (Å²) in [6, 6.07) is 22.6. The lowest BCUT2D eigenvalue weighted by Gasteiger charge is -2.23. The van der Waals surface area contributed by atoms with E-state index in [0.29, 0.717) is 26.4 Å². The Morgan fingerprint density at radius 3 is 2.49 bits per heavy atom. The lowest BCUT2D eigenvalue weighted by Crippen LogP contribution is -2.30. The highest BCUT2D eigenvalue weighted by Crippen LogP contribution is 2.38. The van der Waals surface area contributed by atoms with Gasteiger partial charge in [-0.25, -0.2) is 0 Å². The molecule has 37 heavy (non-hydrogen) atoms. The van der Waals surface area contributed by atoms with Crippen molar-refractivity contribution < 1.29 is 19.1 Å². The number of anilines is 1. The highest BCUT2D eigenvalue weighted by molar-refractivity contribution is 8.26. The van der Waals surface area contributed by atoms with E-state index in [9.17, 15) is 9.59 Å². The van der Waals surface area contributed by atoms with Crippen LogP contribution in [-0.2, 0) is 16.0 Å². The van der Waals surface area contributed by atoms with E-state index < -0.39 is 0 Å². The fourth-order valence-corrected chi connectivity index (χ4v) is 5.32. The largest absolute Gasteiger partial charge is 0.493 e. The van der Waals surface area contributed by atoms with Crippen molar-refractivity contribution in [1.82, 2.24) is 4.90 Å². The molecule has 0 saturated carbocycles. The van der Waals surface area contributed by atoms with Gasteiger partial charge < -0.3 is 14.8 Å². The van der Waals surface area contributed by atoms with Gasteiger partial charge >= 0.3 is 0 Å². The molecule has 0 radical (unpaired) electrons. The Kier molecular flexibility index (Phi) is 8.63. The van der Waals surface area contributed by atoms with Crippen molar-refractivity contribution in [2.45, 2.75) is 26.3 Å². The molecule has 0 aromatic heterocycles. The van der Waals surface area contributed by atoms with Crippen LogP contribution in [0.2, 0.25) is 0 Å². The Hall–Kier alpha value is -3.62. The highest BCUT2D eigenvalue weighted by Gasteiger charge is 2.35. The Morgan fingerprint density at radius 2 is 1.81 bits per heavy atom. The second kappa shape index (κ2) is 12.1. The van der Waals surface area contributed by atoms with E-state index in [2.05, 4.69) is 12.2 Å². The van der Waals surface area contributed by atoms with Crippen molar-refractivity contribution in [2.75, 3.05) is 19.0 Å². The van der Waals surface area contributed by atoms with Crippen LogP contribution in [0.4, 0.5) is 5.69 Å². The number of thioether (sulfide) groups is 1. The molecule has 1 heterocycles. The topological polar surface area (TPSA) is 67.9 Å². The summed E-state index contributed by atoms with van der Waals surface area (Å²) in [5.41, 5.74) is 3.70. The molecular formula is C29H28N2O4S2. The van der Waals surface area contributed by atoms with Crippen LogP contribution in [0.5, 0.6) is 11.5 Å². The lowest BCUT2D eigenvalue weighted by atomic mass is 10.1. The third kappa shape index (κ3) is 6.39. The first-order valence-electron chi connectivity index (χ1n) is 11.9. The number of amides is 2. The van der Waals surface area contributed by atoms with E-state index in [1.165, 1.54) is 24.4 Å². The third-order valence-corrected chi connectivity index (χ3v) is 7.31. The van der Waals surface area contributed by atoms with Crippen LogP contribution < -0.4 is 14.8 Å².